The van der Waals surface area contributed by atoms with E-state index >= 15 is 0 Å². The number of nitrogens with one attached hydrogen (secondary N) is 2. The van der Waals surface area contributed by atoms with E-state index in [1.807, 2.05) is 51.1 Å². The van der Waals surface area contributed by atoms with Crippen molar-refractivity contribution in [3.8, 4) is 0 Å². The van der Waals surface area contributed by atoms with Gasteiger partial charge in [-0.15, -0.1) is 0 Å². The average Bonchev–Trinajstić information content (AvgIpc) is 3.58. The summed E-state index contributed by atoms with van der Waals surface area (Å²) in [5.74, 6) is 1.07. The fourth-order valence-corrected chi connectivity index (χ4v) is 10.6. The number of hydrogen-bond acceptors (Lipinski definition) is 7. The standard InChI is InChI=1S/C34H53N3O6S/c1-34(2,3)36-32(39)28-20-25-15-9-10-16-26(25)21-37(28)22-29(38)27(19-23-11-5-4-6-12-23)35-33(40)43-30-17-18-44(41,42)31(30)24-13-7-8-14-24/h4-6,11-12,24-31,38H,7-10,13-22H2,1-3H3,(H,35,40)(H,36,39)/t25-,26+,27-,28-,29+,30-,31-/m0/s1. The van der Waals surface area contributed by atoms with Crippen molar-refractivity contribution in [1.82, 2.24) is 15.5 Å². The van der Waals surface area contributed by atoms with Crippen molar-refractivity contribution in [1.29, 1.82) is 0 Å². The van der Waals surface area contributed by atoms with Crippen LogP contribution in [0.4, 0.5) is 4.79 Å². The number of piperidine rings is 1. The number of amides is 2. The Bertz CT molecular complexity index is 1230. The minimum atomic E-state index is -3.31. The van der Waals surface area contributed by atoms with E-state index < -0.39 is 39.4 Å². The molecule has 0 radical (unpaired) electrons. The van der Waals surface area contributed by atoms with Crippen molar-refractivity contribution in [2.24, 2.45) is 17.8 Å². The van der Waals surface area contributed by atoms with Gasteiger partial charge in [0.05, 0.1) is 23.9 Å². The van der Waals surface area contributed by atoms with E-state index in [-0.39, 0.29) is 35.7 Å². The first-order valence-corrected chi connectivity index (χ1v) is 18.6. The zero-order valence-corrected chi connectivity index (χ0v) is 27.6. The molecule has 2 amide bonds. The number of nitrogens with zero attached hydrogens (tertiary/aromatic N) is 1. The molecule has 1 aromatic rings. The van der Waals surface area contributed by atoms with Gasteiger partial charge < -0.3 is 20.5 Å². The van der Waals surface area contributed by atoms with Crippen molar-refractivity contribution in [2.45, 2.75) is 126 Å². The molecular weight excluding hydrogens is 578 g/mol. The van der Waals surface area contributed by atoms with Gasteiger partial charge in [-0.05, 0) is 82.6 Å². The van der Waals surface area contributed by atoms with Gasteiger partial charge in [0, 0.05) is 18.6 Å². The lowest BCUT2D eigenvalue weighted by molar-refractivity contribution is -0.132. The second-order valence-electron chi connectivity index (χ2n) is 14.9. The molecule has 1 aromatic carbocycles. The maximum atomic E-state index is 13.5. The van der Waals surface area contributed by atoms with Crippen LogP contribution in [0.15, 0.2) is 30.3 Å². The molecule has 0 bridgehead atoms. The maximum Gasteiger partial charge on any atom is 0.407 e. The number of carbonyl (C=O) groups excluding carboxylic acids is 2. The molecule has 2 saturated carbocycles. The Hall–Kier alpha value is -2.17. The Morgan fingerprint density at radius 2 is 1.61 bits per heavy atom. The Kier molecular flexibility index (Phi) is 10.6. The molecule has 2 aliphatic heterocycles. The number of sulfone groups is 1. The van der Waals surface area contributed by atoms with E-state index in [2.05, 4.69) is 15.5 Å². The third-order valence-corrected chi connectivity index (χ3v) is 12.7. The molecule has 2 heterocycles. The van der Waals surface area contributed by atoms with Gasteiger partial charge in [0.15, 0.2) is 9.84 Å². The summed E-state index contributed by atoms with van der Waals surface area (Å²) in [6.45, 7) is 6.93. The van der Waals surface area contributed by atoms with Gasteiger partial charge in [0.2, 0.25) is 5.91 Å². The van der Waals surface area contributed by atoms with Crippen molar-refractivity contribution in [2.75, 3.05) is 18.8 Å². The molecule has 2 aliphatic carbocycles. The number of rotatable bonds is 9. The maximum absolute atomic E-state index is 13.5. The predicted octanol–water partition coefficient (Wildman–Crippen LogP) is 4.23. The molecule has 7 atom stereocenters. The van der Waals surface area contributed by atoms with Gasteiger partial charge >= 0.3 is 6.09 Å². The van der Waals surface area contributed by atoms with Crippen molar-refractivity contribution >= 4 is 21.8 Å². The second-order valence-corrected chi connectivity index (χ2v) is 17.1. The zero-order chi connectivity index (χ0) is 31.5. The number of alkyl carbamates (subject to hydrolysis) is 1. The molecule has 4 aliphatic rings. The summed E-state index contributed by atoms with van der Waals surface area (Å²) in [7, 11) is -3.31. The topological polar surface area (TPSA) is 125 Å². The molecule has 44 heavy (non-hydrogen) atoms. The molecule has 2 saturated heterocycles. The minimum absolute atomic E-state index is 0.0129. The first kappa shape index (κ1) is 33.2. The number of fused-ring (bicyclic) bond motifs is 1. The number of ether oxygens (including phenoxy) is 1. The lowest BCUT2D eigenvalue weighted by Gasteiger charge is -2.47. The van der Waals surface area contributed by atoms with Crippen molar-refractivity contribution in [3.63, 3.8) is 0 Å². The largest absolute Gasteiger partial charge is 0.445 e. The number of aliphatic hydroxyl groups is 1. The van der Waals surface area contributed by atoms with Crippen LogP contribution in [0.5, 0.6) is 0 Å². The number of β-amino-alcohol motifs (C(OH)–C–C–N with tert-alkyl or cyclic N) is 1. The Morgan fingerprint density at radius 3 is 2.27 bits per heavy atom. The zero-order valence-electron chi connectivity index (χ0n) is 26.7. The third kappa shape index (κ3) is 8.35. The second kappa shape index (κ2) is 14.1. The van der Waals surface area contributed by atoms with E-state index in [9.17, 15) is 23.1 Å². The molecule has 5 rings (SSSR count). The third-order valence-electron chi connectivity index (χ3n) is 10.4. The van der Waals surface area contributed by atoms with E-state index in [0.29, 0.717) is 24.7 Å². The predicted molar refractivity (Wildman–Crippen MR) is 171 cm³/mol. The lowest BCUT2D eigenvalue weighted by Crippen LogP contribution is -2.60. The lowest BCUT2D eigenvalue weighted by atomic mass is 9.72. The van der Waals surface area contributed by atoms with E-state index in [0.717, 1.165) is 57.1 Å². The fraction of sp³-hybridized carbons (Fsp3) is 0.765. The molecule has 0 spiro atoms. The highest BCUT2D eigenvalue weighted by molar-refractivity contribution is 7.92. The molecule has 9 nitrogen and oxygen atoms in total. The molecule has 0 aromatic heterocycles. The summed E-state index contributed by atoms with van der Waals surface area (Å²) >= 11 is 0. The Balaban J connectivity index is 1.31. The normalized spacial score (nSPS) is 30.7. The Morgan fingerprint density at radius 1 is 0.977 bits per heavy atom. The minimum Gasteiger partial charge on any atom is -0.445 e. The summed E-state index contributed by atoms with van der Waals surface area (Å²) in [6, 6.07) is 8.67. The molecule has 246 valence electrons. The van der Waals surface area contributed by atoms with Gasteiger partial charge in [-0.25, -0.2) is 13.2 Å². The quantitative estimate of drug-likeness (QED) is 0.373. The van der Waals surface area contributed by atoms with Crippen LogP contribution in [-0.2, 0) is 25.8 Å². The van der Waals surface area contributed by atoms with Crippen LogP contribution >= 0.6 is 0 Å². The summed E-state index contributed by atoms with van der Waals surface area (Å²) < 4.78 is 31.7. The van der Waals surface area contributed by atoms with Gasteiger partial charge in [-0.1, -0.05) is 62.4 Å². The molecule has 10 heteroatoms. The number of benzene rings is 1. The Labute approximate surface area is 263 Å². The van der Waals surface area contributed by atoms with Crippen LogP contribution in [-0.4, -0.2) is 84.3 Å². The molecule has 4 fully saturated rings. The summed E-state index contributed by atoms with van der Waals surface area (Å²) in [6.07, 6.45) is 7.52. The van der Waals surface area contributed by atoms with Crippen molar-refractivity contribution < 1.29 is 27.9 Å². The van der Waals surface area contributed by atoms with E-state index in [1.165, 1.54) is 12.8 Å². The van der Waals surface area contributed by atoms with Crippen LogP contribution < -0.4 is 10.6 Å². The molecule has 0 unspecified atom stereocenters. The van der Waals surface area contributed by atoms with Crippen LogP contribution in [0.2, 0.25) is 0 Å². The monoisotopic (exact) mass is 631 g/mol. The van der Waals surface area contributed by atoms with Crippen LogP contribution in [0.1, 0.15) is 90.5 Å². The highest BCUT2D eigenvalue weighted by atomic mass is 32.2. The average molecular weight is 632 g/mol. The first-order valence-electron chi connectivity index (χ1n) is 16.9. The van der Waals surface area contributed by atoms with Crippen LogP contribution in [0, 0.1) is 17.8 Å². The number of carbonyl (C=O) groups is 2. The smallest absolute Gasteiger partial charge is 0.407 e. The van der Waals surface area contributed by atoms with Crippen molar-refractivity contribution in [3.05, 3.63) is 35.9 Å². The van der Waals surface area contributed by atoms with Gasteiger partial charge in [-0.2, -0.15) is 0 Å². The summed E-state index contributed by atoms with van der Waals surface area (Å²) in [5.41, 5.74) is 0.591. The van der Waals surface area contributed by atoms with Gasteiger partial charge in [-0.3, -0.25) is 9.69 Å². The summed E-state index contributed by atoms with van der Waals surface area (Å²) in [5, 5.41) is 17.2. The molecule has 3 N–H and O–H groups in total. The van der Waals surface area contributed by atoms with Gasteiger partial charge in [0.1, 0.15) is 11.4 Å². The van der Waals surface area contributed by atoms with Crippen LogP contribution in [0.25, 0.3) is 0 Å². The van der Waals surface area contributed by atoms with Gasteiger partial charge in [0.25, 0.3) is 0 Å². The highest BCUT2D eigenvalue weighted by Gasteiger charge is 2.48. The first-order chi connectivity index (χ1) is 20.9. The molecular formula is C34H53N3O6S. The fourth-order valence-electron chi connectivity index (χ4n) is 8.29. The van der Waals surface area contributed by atoms with Crippen LogP contribution in [0.3, 0.4) is 0 Å². The number of aliphatic hydroxyl groups excluding tert-OH is 1. The highest BCUT2D eigenvalue weighted by Crippen LogP contribution is 2.40. The SMILES string of the molecule is CC(C)(C)NC(=O)[C@@H]1C[C@@H]2CCCC[C@@H]2CN1C[C@@H](O)[C@H](Cc1ccccc1)NC(=O)O[C@H]1CCS(=O)(=O)[C@H]1C1CCCC1. The number of likely N-dealkylation sites (tertiary alicyclic amines) is 1. The summed E-state index contributed by atoms with van der Waals surface area (Å²) in [4.78, 5) is 29.0. The van der Waals surface area contributed by atoms with E-state index in [1.54, 1.807) is 0 Å². The number of hydrogen-bond donors (Lipinski definition) is 3. The van der Waals surface area contributed by atoms with E-state index in [4.69, 9.17) is 4.74 Å².